The second kappa shape index (κ2) is 8.39. The van der Waals surface area contributed by atoms with Gasteiger partial charge < -0.3 is 0 Å². The first-order chi connectivity index (χ1) is 12.6. The minimum absolute atomic E-state index is 0.0503. The number of aryl methyl sites for hydroxylation is 2. The molecular formula is C22H22N2O2. The average Bonchev–Trinajstić information content (AvgIpc) is 2.66. The quantitative estimate of drug-likeness (QED) is 0.656. The van der Waals surface area contributed by atoms with Gasteiger partial charge >= 0.3 is 0 Å². The van der Waals surface area contributed by atoms with Gasteiger partial charge in [-0.25, -0.2) is 0 Å². The highest BCUT2D eigenvalue weighted by molar-refractivity contribution is 5.76. The third-order valence-corrected chi connectivity index (χ3v) is 4.30. The maximum absolute atomic E-state index is 12.9. The van der Waals surface area contributed by atoms with Crippen LogP contribution in [0.4, 0.5) is 0 Å². The number of hydrogen-bond donors (Lipinski definition) is 0. The lowest BCUT2D eigenvalue weighted by Crippen LogP contribution is -2.29. The van der Waals surface area contributed by atoms with Crippen LogP contribution in [0.2, 0.25) is 0 Å². The molecule has 0 fully saturated rings. The van der Waals surface area contributed by atoms with E-state index in [0.717, 1.165) is 18.4 Å². The van der Waals surface area contributed by atoms with Crippen molar-refractivity contribution in [1.82, 2.24) is 9.55 Å². The predicted octanol–water partition coefficient (Wildman–Crippen LogP) is 3.67. The van der Waals surface area contributed by atoms with Gasteiger partial charge in [0.2, 0.25) is 0 Å². The van der Waals surface area contributed by atoms with Crippen molar-refractivity contribution in [3.05, 3.63) is 88.5 Å². The second-order valence-electron chi connectivity index (χ2n) is 6.39. The maximum atomic E-state index is 12.9. The molecule has 3 rings (SSSR count). The van der Waals surface area contributed by atoms with Gasteiger partial charge in [-0.15, -0.1) is 0 Å². The minimum atomic E-state index is -0.172. The number of Topliss-reactive ketones (excluding diaryl/α,β-unsaturated/α-hetero) is 1. The van der Waals surface area contributed by atoms with Crippen LogP contribution >= 0.6 is 0 Å². The van der Waals surface area contributed by atoms with Gasteiger partial charge in [0.05, 0.1) is 18.4 Å². The molecule has 4 nitrogen and oxygen atoms in total. The third-order valence-electron chi connectivity index (χ3n) is 4.30. The summed E-state index contributed by atoms with van der Waals surface area (Å²) in [6.45, 7) is 1.56. The van der Waals surface area contributed by atoms with Gasteiger partial charge in [-0.2, -0.15) is 0 Å². The lowest BCUT2D eigenvalue weighted by Gasteiger charge is -2.13. The van der Waals surface area contributed by atoms with E-state index in [1.165, 1.54) is 12.5 Å². The van der Waals surface area contributed by atoms with Crippen molar-refractivity contribution in [1.29, 1.82) is 0 Å². The molecule has 0 bridgehead atoms. The molecule has 0 atom stereocenters. The zero-order chi connectivity index (χ0) is 18.4. The van der Waals surface area contributed by atoms with Gasteiger partial charge in [0.15, 0.2) is 0 Å². The van der Waals surface area contributed by atoms with Crippen molar-refractivity contribution in [2.75, 3.05) is 0 Å². The Morgan fingerprint density at radius 2 is 1.62 bits per heavy atom. The highest BCUT2D eigenvalue weighted by Crippen LogP contribution is 2.17. The van der Waals surface area contributed by atoms with E-state index >= 15 is 0 Å². The molecule has 0 spiro atoms. The highest BCUT2D eigenvalue weighted by atomic mass is 16.1. The van der Waals surface area contributed by atoms with Gasteiger partial charge in [0.1, 0.15) is 11.5 Å². The van der Waals surface area contributed by atoms with Crippen LogP contribution in [-0.2, 0) is 24.2 Å². The number of rotatable bonds is 7. The summed E-state index contributed by atoms with van der Waals surface area (Å²) in [6, 6.07) is 19.8. The molecule has 132 valence electrons. The number of nitrogens with zero attached hydrogens (tertiary/aromatic N) is 2. The Bertz CT molecular complexity index is 931. The van der Waals surface area contributed by atoms with Crippen LogP contribution in [0.25, 0.3) is 11.3 Å². The summed E-state index contributed by atoms with van der Waals surface area (Å²) < 4.78 is 1.54. The van der Waals surface area contributed by atoms with Gasteiger partial charge in [0.25, 0.3) is 5.56 Å². The van der Waals surface area contributed by atoms with Crippen molar-refractivity contribution in [2.24, 2.45) is 0 Å². The summed E-state index contributed by atoms with van der Waals surface area (Å²) in [6.07, 6.45) is 4.05. The van der Waals surface area contributed by atoms with Crippen molar-refractivity contribution in [2.45, 2.75) is 32.7 Å². The Morgan fingerprint density at radius 3 is 2.27 bits per heavy atom. The molecule has 0 saturated carbocycles. The Labute approximate surface area is 153 Å². The number of carbonyl (C=O) groups is 1. The molecule has 0 radical (unpaired) electrons. The molecule has 0 aliphatic carbocycles. The van der Waals surface area contributed by atoms with Crippen molar-refractivity contribution in [3.63, 3.8) is 0 Å². The fraction of sp³-hybridized carbons (Fsp3) is 0.227. The molecule has 26 heavy (non-hydrogen) atoms. The molecule has 0 unspecified atom stereocenters. The molecule has 2 aromatic carbocycles. The molecule has 0 aliphatic rings. The average molecular weight is 346 g/mol. The first-order valence-electron chi connectivity index (χ1n) is 8.82. The molecule has 0 saturated heterocycles. The van der Waals surface area contributed by atoms with Crippen LogP contribution in [0, 0.1) is 0 Å². The first-order valence-corrected chi connectivity index (χ1v) is 8.82. The Kier molecular flexibility index (Phi) is 5.74. The first kappa shape index (κ1) is 17.8. The lowest BCUT2D eigenvalue weighted by atomic mass is 10.1. The van der Waals surface area contributed by atoms with Crippen LogP contribution in [0.5, 0.6) is 0 Å². The van der Waals surface area contributed by atoms with E-state index in [4.69, 9.17) is 0 Å². The summed E-state index contributed by atoms with van der Waals surface area (Å²) in [5, 5.41) is 0. The number of benzene rings is 2. The van der Waals surface area contributed by atoms with E-state index in [9.17, 15) is 9.59 Å². The molecule has 0 aliphatic heterocycles. The normalized spacial score (nSPS) is 10.7. The number of ketones is 1. The molecule has 1 aromatic heterocycles. The lowest BCUT2D eigenvalue weighted by molar-refractivity contribution is -0.117. The fourth-order valence-electron chi connectivity index (χ4n) is 3.02. The van der Waals surface area contributed by atoms with Gasteiger partial charge in [0, 0.05) is 0 Å². The van der Waals surface area contributed by atoms with Crippen LogP contribution in [0.3, 0.4) is 0 Å². The van der Waals surface area contributed by atoms with Gasteiger partial charge in [-0.1, -0.05) is 60.7 Å². The summed E-state index contributed by atoms with van der Waals surface area (Å²) in [7, 11) is 0. The smallest absolute Gasteiger partial charge is 0.273 e. The molecule has 3 aromatic rings. The maximum Gasteiger partial charge on any atom is 0.273 e. The van der Waals surface area contributed by atoms with Crippen molar-refractivity contribution in [3.8, 4) is 11.3 Å². The van der Waals surface area contributed by atoms with Crippen molar-refractivity contribution >= 4 is 5.78 Å². The Morgan fingerprint density at radius 1 is 0.962 bits per heavy atom. The Balaban J connectivity index is 1.85. The summed E-state index contributed by atoms with van der Waals surface area (Å²) in [5.41, 5.74) is 3.15. The standard InChI is InChI=1S/C22H22N2O2/c1-17(25)16-24-21(19-12-6-3-7-13-19)15-23-20(22(24)26)14-8-11-18-9-4-2-5-10-18/h2-7,9-10,12-13,15H,8,11,14,16H2,1H3. The van der Waals surface area contributed by atoms with E-state index in [1.54, 1.807) is 10.8 Å². The topological polar surface area (TPSA) is 52.0 Å². The SMILES string of the molecule is CC(=O)Cn1c(-c2ccccc2)cnc(CCCc2ccccc2)c1=O. The molecule has 4 heteroatoms. The summed E-state index contributed by atoms with van der Waals surface area (Å²) >= 11 is 0. The van der Waals surface area contributed by atoms with Crippen LogP contribution < -0.4 is 5.56 Å². The minimum Gasteiger partial charge on any atom is -0.298 e. The van der Waals surface area contributed by atoms with Crippen LogP contribution in [-0.4, -0.2) is 15.3 Å². The van der Waals surface area contributed by atoms with E-state index < -0.39 is 0 Å². The monoisotopic (exact) mass is 346 g/mol. The molecule has 0 N–H and O–H groups in total. The highest BCUT2D eigenvalue weighted by Gasteiger charge is 2.13. The van der Waals surface area contributed by atoms with Crippen molar-refractivity contribution < 1.29 is 4.79 Å². The summed E-state index contributed by atoms with van der Waals surface area (Å²) in [4.78, 5) is 29.0. The van der Waals surface area contributed by atoms with Crippen LogP contribution in [0.1, 0.15) is 24.6 Å². The molecule has 0 amide bonds. The number of hydrogen-bond acceptors (Lipinski definition) is 3. The largest absolute Gasteiger partial charge is 0.298 e. The Hall–Kier alpha value is -3.01. The zero-order valence-electron chi connectivity index (χ0n) is 14.9. The van der Waals surface area contributed by atoms with E-state index in [1.807, 2.05) is 48.5 Å². The second-order valence-corrected chi connectivity index (χ2v) is 6.39. The summed E-state index contributed by atoms with van der Waals surface area (Å²) in [5.74, 6) is -0.0503. The van der Waals surface area contributed by atoms with E-state index in [-0.39, 0.29) is 17.9 Å². The zero-order valence-corrected chi connectivity index (χ0v) is 14.9. The van der Waals surface area contributed by atoms with Crippen LogP contribution in [0.15, 0.2) is 71.7 Å². The predicted molar refractivity (Wildman–Crippen MR) is 103 cm³/mol. The number of carbonyl (C=O) groups excluding carboxylic acids is 1. The number of aromatic nitrogens is 2. The molecular weight excluding hydrogens is 324 g/mol. The molecule has 1 heterocycles. The van der Waals surface area contributed by atoms with E-state index in [0.29, 0.717) is 17.8 Å². The third kappa shape index (κ3) is 4.33. The van der Waals surface area contributed by atoms with Gasteiger partial charge in [-0.05, 0) is 37.3 Å². The van der Waals surface area contributed by atoms with Gasteiger partial charge in [-0.3, -0.25) is 19.1 Å². The fourth-order valence-corrected chi connectivity index (χ4v) is 3.02. The van der Waals surface area contributed by atoms with E-state index in [2.05, 4.69) is 17.1 Å².